The molecule has 1 aliphatic carbocycles. The first-order chi connectivity index (χ1) is 9.56. The van der Waals surface area contributed by atoms with E-state index in [0.717, 1.165) is 45.3 Å². The van der Waals surface area contributed by atoms with Gasteiger partial charge in [-0.3, -0.25) is 4.79 Å². The van der Waals surface area contributed by atoms with Crippen LogP contribution < -0.4 is 5.32 Å². The number of esters is 1. The summed E-state index contributed by atoms with van der Waals surface area (Å²) >= 11 is 0. The first-order valence-electron chi connectivity index (χ1n) is 8.10. The van der Waals surface area contributed by atoms with E-state index in [4.69, 9.17) is 9.47 Å². The largest absolute Gasteiger partial charge is 0.465 e. The maximum Gasteiger partial charge on any atom is 0.326 e. The summed E-state index contributed by atoms with van der Waals surface area (Å²) in [6.07, 6.45) is 5.25. The van der Waals surface area contributed by atoms with Gasteiger partial charge >= 0.3 is 5.97 Å². The first-order valence-corrected chi connectivity index (χ1v) is 8.10. The van der Waals surface area contributed by atoms with Crippen molar-refractivity contribution >= 4 is 5.97 Å². The molecule has 0 bridgehead atoms. The van der Waals surface area contributed by atoms with Crippen LogP contribution in [-0.4, -0.2) is 37.4 Å². The van der Waals surface area contributed by atoms with Gasteiger partial charge in [-0.25, -0.2) is 0 Å². The van der Waals surface area contributed by atoms with E-state index in [1.807, 2.05) is 20.8 Å². The molecule has 0 aromatic rings. The molecular weight excluding hydrogens is 254 g/mol. The maximum absolute atomic E-state index is 12.5. The Kier molecular flexibility index (Phi) is 7.52. The summed E-state index contributed by atoms with van der Waals surface area (Å²) in [7, 11) is 0. The molecule has 0 aromatic heterocycles. The van der Waals surface area contributed by atoms with Crippen molar-refractivity contribution in [2.75, 3.05) is 19.8 Å². The number of hydrogen-bond acceptors (Lipinski definition) is 4. The molecule has 0 aromatic carbocycles. The quantitative estimate of drug-likeness (QED) is 0.662. The molecule has 1 N–H and O–H groups in total. The van der Waals surface area contributed by atoms with E-state index in [2.05, 4.69) is 12.2 Å². The minimum atomic E-state index is -0.480. The molecule has 0 heterocycles. The van der Waals surface area contributed by atoms with Crippen LogP contribution in [0.2, 0.25) is 0 Å². The van der Waals surface area contributed by atoms with Gasteiger partial charge in [0, 0.05) is 6.61 Å². The zero-order chi connectivity index (χ0) is 15.0. The predicted octanol–water partition coefficient (Wildman–Crippen LogP) is 2.90. The van der Waals surface area contributed by atoms with Gasteiger partial charge in [0.05, 0.1) is 12.7 Å². The molecule has 1 saturated carbocycles. The molecule has 4 heteroatoms. The fraction of sp³-hybridized carbons (Fsp3) is 0.938. The molecule has 118 valence electrons. The lowest BCUT2D eigenvalue weighted by atomic mass is 9.84. The summed E-state index contributed by atoms with van der Waals surface area (Å²) in [4.78, 5) is 12.5. The predicted molar refractivity (Wildman–Crippen MR) is 80.7 cm³/mol. The summed E-state index contributed by atoms with van der Waals surface area (Å²) in [5.74, 6) is 0.257. The van der Waals surface area contributed by atoms with Crippen LogP contribution in [0.4, 0.5) is 0 Å². The van der Waals surface area contributed by atoms with Crippen LogP contribution in [0.5, 0.6) is 0 Å². The van der Waals surface area contributed by atoms with Crippen molar-refractivity contribution in [3.8, 4) is 0 Å². The molecule has 0 spiro atoms. The van der Waals surface area contributed by atoms with Gasteiger partial charge in [-0.1, -0.05) is 13.3 Å². The molecule has 0 saturated heterocycles. The van der Waals surface area contributed by atoms with Crippen molar-refractivity contribution in [3.05, 3.63) is 0 Å². The second kappa shape index (κ2) is 8.63. The second-order valence-corrected chi connectivity index (χ2v) is 5.92. The Labute approximate surface area is 123 Å². The first kappa shape index (κ1) is 17.4. The van der Waals surface area contributed by atoms with Crippen molar-refractivity contribution in [1.82, 2.24) is 5.32 Å². The van der Waals surface area contributed by atoms with Gasteiger partial charge in [0.1, 0.15) is 5.54 Å². The second-order valence-electron chi connectivity index (χ2n) is 5.92. The normalized spacial score (nSPS) is 26.1. The van der Waals surface area contributed by atoms with Crippen molar-refractivity contribution in [3.63, 3.8) is 0 Å². The lowest BCUT2D eigenvalue weighted by molar-refractivity contribution is -0.153. The van der Waals surface area contributed by atoms with Gasteiger partial charge in [0.25, 0.3) is 0 Å². The average Bonchev–Trinajstić information content (AvgIpc) is 2.80. The lowest BCUT2D eigenvalue weighted by Gasteiger charge is -2.34. The molecular formula is C16H31NO3. The van der Waals surface area contributed by atoms with E-state index in [1.165, 1.54) is 0 Å². The standard InChI is InChI=1S/C16H31NO3/c1-5-11-17-16(15(18)19-6-2)10-7-8-14(16)9-12-20-13(3)4/h13-14,17H,5-12H2,1-4H3. The molecule has 1 fully saturated rings. The van der Waals surface area contributed by atoms with Crippen LogP contribution >= 0.6 is 0 Å². The number of ether oxygens (including phenoxy) is 2. The fourth-order valence-electron chi connectivity index (χ4n) is 3.10. The highest BCUT2D eigenvalue weighted by Crippen LogP contribution is 2.39. The number of rotatable bonds is 9. The third-order valence-corrected chi connectivity index (χ3v) is 4.07. The van der Waals surface area contributed by atoms with E-state index in [0.29, 0.717) is 12.5 Å². The van der Waals surface area contributed by atoms with E-state index in [9.17, 15) is 4.79 Å². The fourth-order valence-corrected chi connectivity index (χ4v) is 3.10. The van der Waals surface area contributed by atoms with E-state index in [-0.39, 0.29) is 12.1 Å². The van der Waals surface area contributed by atoms with Crippen LogP contribution in [0.15, 0.2) is 0 Å². The molecule has 0 radical (unpaired) electrons. The number of nitrogens with one attached hydrogen (secondary N) is 1. The van der Waals surface area contributed by atoms with E-state index >= 15 is 0 Å². The highest BCUT2D eigenvalue weighted by Gasteiger charge is 2.49. The summed E-state index contributed by atoms with van der Waals surface area (Å²) < 4.78 is 11.0. The highest BCUT2D eigenvalue weighted by atomic mass is 16.5. The van der Waals surface area contributed by atoms with Crippen LogP contribution in [-0.2, 0) is 14.3 Å². The van der Waals surface area contributed by atoms with Gasteiger partial charge in [-0.2, -0.15) is 0 Å². The topological polar surface area (TPSA) is 47.6 Å². The smallest absolute Gasteiger partial charge is 0.326 e. The van der Waals surface area contributed by atoms with Gasteiger partial charge in [0.15, 0.2) is 0 Å². The Hall–Kier alpha value is -0.610. The molecule has 4 nitrogen and oxygen atoms in total. The van der Waals surface area contributed by atoms with Gasteiger partial charge in [0.2, 0.25) is 0 Å². The Morgan fingerprint density at radius 3 is 2.75 bits per heavy atom. The summed E-state index contributed by atoms with van der Waals surface area (Å²) in [5.41, 5.74) is -0.480. The molecule has 0 aliphatic heterocycles. The molecule has 2 atom stereocenters. The van der Waals surface area contributed by atoms with Crippen LogP contribution in [0, 0.1) is 5.92 Å². The van der Waals surface area contributed by atoms with Crippen molar-refractivity contribution in [2.45, 2.75) is 71.4 Å². The Balaban J connectivity index is 2.70. The average molecular weight is 285 g/mol. The molecule has 0 amide bonds. The highest BCUT2D eigenvalue weighted by molar-refractivity contribution is 5.81. The molecule has 20 heavy (non-hydrogen) atoms. The van der Waals surface area contributed by atoms with Crippen LogP contribution in [0.3, 0.4) is 0 Å². The lowest BCUT2D eigenvalue weighted by Crippen LogP contribution is -2.56. The van der Waals surface area contributed by atoms with Gasteiger partial charge < -0.3 is 14.8 Å². The molecule has 1 rings (SSSR count). The minimum absolute atomic E-state index is 0.0690. The molecule has 1 aliphatic rings. The Morgan fingerprint density at radius 2 is 2.15 bits per heavy atom. The Morgan fingerprint density at radius 1 is 1.40 bits per heavy atom. The third-order valence-electron chi connectivity index (χ3n) is 4.07. The minimum Gasteiger partial charge on any atom is -0.465 e. The molecule has 2 unspecified atom stereocenters. The summed E-state index contributed by atoms with van der Waals surface area (Å²) in [6.45, 7) is 10.1. The van der Waals surface area contributed by atoms with Crippen LogP contribution in [0.1, 0.15) is 59.8 Å². The van der Waals surface area contributed by atoms with Gasteiger partial charge in [-0.05, 0) is 58.9 Å². The monoisotopic (exact) mass is 285 g/mol. The zero-order valence-electron chi connectivity index (χ0n) is 13.5. The maximum atomic E-state index is 12.5. The number of hydrogen-bond donors (Lipinski definition) is 1. The van der Waals surface area contributed by atoms with E-state index in [1.54, 1.807) is 0 Å². The number of carbonyl (C=O) groups is 1. The van der Waals surface area contributed by atoms with E-state index < -0.39 is 5.54 Å². The van der Waals surface area contributed by atoms with Crippen molar-refractivity contribution in [2.24, 2.45) is 5.92 Å². The Bertz CT molecular complexity index is 293. The SMILES string of the molecule is CCCNC1(C(=O)OCC)CCCC1CCOC(C)C. The van der Waals surface area contributed by atoms with Crippen molar-refractivity contribution < 1.29 is 14.3 Å². The zero-order valence-corrected chi connectivity index (χ0v) is 13.5. The summed E-state index contributed by atoms with van der Waals surface area (Å²) in [6, 6.07) is 0. The summed E-state index contributed by atoms with van der Waals surface area (Å²) in [5, 5.41) is 3.49. The van der Waals surface area contributed by atoms with Crippen molar-refractivity contribution in [1.29, 1.82) is 0 Å². The number of carbonyl (C=O) groups excluding carboxylic acids is 1. The third kappa shape index (κ3) is 4.45. The van der Waals surface area contributed by atoms with Crippen LogP contribution in [0.25, 0.3) is 0 Å². The van der Waals surface area contributed by atoms with Gasteiger partial charge in [-0.15, -0.1) is 0 Å².